The van der Waals surface area contributed by atoms with Gasteiger partial charge in [-0.2, -0.15) is 0 Å². The van der Waals surface area contributed by atoms with Gasteiger partial charge in [-0.05, 0) is 39.8 Å². The first-order chi connectivity index (χ1) is 7.08. The van der Waals surface area contributed by atoms with Crippen LogP contribution in [0.3, 0.4) is 0 Å². The Morgan fingerprint density at radius 2 is 2.20 bits per heavy atom. The van der Waals surface area contributed by atoms with Crippen LogP contribution in [0.1, 0.15) is 32.6 Å². The number of nitrogens with two attached hydrogens (primary N) is 1. The molecular formula is C11H23N3O. The molecule has 4 nitrogen and oxygen atoms in total. The molecule has 0 aliphatic heterocycles. The molecule has 1 unspecified atom stereocenters. The van der Waals surface area contributed by atoms with Crippen LogP contribution in [0.15, 0.2) is 0 Å². The van der Waals surface area contributed by atoms with Gasteiger partial charge in [-0.25, -0.2) is 0 Å². The highest BCUT2D eigenvalue weighted by molar-refractivity contribution is 5.76. The molecule has 3 N–H and O–H groups in total. The molecule has 0 aromatic heterocycles. The summed E-state index contributed by atoms with van der Waals surface area (Å²) in [7, 11) is 2.03. The molecule has 0 aromatic rings. The van der Waals surface area contributed by atoms with Crippen LogP contribution in [-0.4, -0.2) is 43.0 Å². The summed E-state index contributed by atoms with van der Waals surface area (Å²) in [6.07, 6.45) is 3.91. The Bertz CT molecular complexity index is 202. The number of rotatable bonds is 7. The number of nitrogens with zero attached hydrogens (tertiary/aromatic N) is 1. The fraction of sp³-hybridized carbons (Fsp3) is 0.909. The maximum absolute atomic E-state index is 11.4. The molecule has 1 rings (SSSR count). The average molecular weight is 213 g/mol. The van der Waals surface area contributed by atoms with E-state index in [2.05, 4.69) is 10.2 Å². The monoisotopic (exact) mass is 213 g/mol. The Morgan fingerprint density at radius 1 is 1.53 bits per heavy atom. The van der Waals surface area contributed by atoms with Crippen molar-refractivity contribution in [3.05, 3.63) is 0 Å². The quantitative estimate of drug-likeness (QED) is 0.640. The van der Waals surface area contributed by atoms with Crippen molar-refractivity contribution in [1.29, 1.82) is 0 Å². The van der Waals surface area contributed by atoms with Gasteiger partial charge in [0.25, 0.3) is 0 Å². The summed E-state index contributed by atoms with van der Waals surface area (Å²) in [6, 6.07) is 0.722. The summed E-state index contributed by atoms with van der Waals surface area (Å²) in [4.78, 5) is 13.5. The Kier molecular flexibility index (Phi) is 5.05. The molecule has 1 aliphatic carbocycles. The highest BCUT2D eigenvalue weighted by Crippen LogP contribution is 2.18. The molecule has 1 atom stereocenters. The van der Waals surface area contributed by atoms with Gasteiger partial charge in [-0.3, -0.25) is 4.79 Å². The highest BCUT2D eigenvalue weighted by atomic mass is 16.1. The molecule has 0 aromatic carbocycles. The largest absolute Gasteiger partial charge is 0.353 e. The zero-order valence-corrected chi connectivity index (χ0v) is 9.83. The van der Waals surface area contributed by atoms with E-state index in [0.717, 1.165) is 32.4 Å². The Morgan fingerprint density at radius 3 is 2.73 bits per heavy atom. The summed E-state index contributed by atoms with van der Waals surface area (Å²) >= 11 is 0. The average Bonchev–Trinajstić information content (AvgIpc) is 2.95. The second-order valence-electron chi connectivity index (χ2n) is 4.66. The first kappa shape index (κ1) is 12.5. The van der Waals surface area contributed by atoms with Crippen LogP contribution < -0.4 is 11.1 Å². The fourth-order valence-electron chi connectivity index (χ4n) is 1.36. The molecule has 4 heteroatoms. The fourth-order valence-corrected chi connectivity index (χ4v) is 1.36. The van der Waals surface area contributed by atoms with E-state index in [9.17, 15) is 4.79 Å². The van der Waals surface area contributed by atoms with E-state index < -0.39 is 0 Å². The molecule has 0 spiro atoms. The SMILES string of the molecule is CC(N)CCN(C)CCC(=O)NC1CC1. The lowest BCUT2D eigenvalue weighted by Crippen LogP contribution is -2.32. The zero-order valence-electron chi connectivity index (χ0n) is 9.83. The highest BCUT2D eigenvalue weighted by Gasteiger charge is 2.22. The van der Waals surface area contributed by atoms with Crippen LogP contribution in [0.5, 0.6) is 0 Å². The summed E-state index contributed by atoms with van der Waals surface area (Å²) in [6.45, 7) is 3.80. The minimum absolute atomic E-state index is 0.185. The lowest BCUT2D eigenvalue weighted by Gasteiger charge is -2.17. The summed E-state index contributed by atoms with van der Waals surface area (Å²) < 4.78 is 0. The smallest absolute Gasteiger partial charge is 0.221 e. The maximum Gasteiger partial charge on any atom is 0.221 e. The second-order valence-corrected chi connectivity index (χ2v) is 4.66. The Labute approximate surface area is 92.2 Å². The molecule has 1 fully saturated rings. The van der Waals surface area contributed by atoms with Crippen molar-refractivity contribution in [3.8, 4) is 0 Å². The topological polar surface area (TPSA) is 58.4 Å². The third-order valence-electron chi connectivity index (χ3n) is 2.63. The molecule has 0 radical (unpaired) electrons. The van der Waals surface area contributed by atoms with E-state index >= 15 is 0 Å². The first-order valence-electron chi connectivity index (χ1n) is 5.81. The van der Waals surface area contributed by atoms with E-state index in [1.807, 2.05) is 14.0 Å². The predicted molar refractivity (Wildman–Crippen MR) is 61.5 cm³/mol. The van der Waals surface area contributed by atoms with Crippen LogP contribution in [-0.2, 0) is 4.79 Å². The third kappa shape index (κ3) is 6.47. The van der Waals surface area contributed by atoms with Crippen molar-refractivity contribution >= 4 is 5.91 Å². The van der Waals surface area contributed by atoms with Crippen molar-refractivity contribution in [2.24, 2.45) is 5.73 Å². The molecule has 15 heavy (non-hydrogen) atoms. The van der Waals surface area contributed by atoms with Gasteiger partial charge in [-0.1, -0.05) is 0 Å². The van der Waals surface area contributed by atoms with Crippen molar-refractivity contribution < 1.29 is 4.79 Å². The second kappa shape index (κ2) is 6.08. The van der Waals surface area contributed by atoms with E-state index in [0.29, 0.717) is 12.5 Å². The summed E-state index contributed by atoms with van der Waals surface area (Å²) in [5.41, 5.74) is 5.66. The first-order valence-corrected chi connectivity index (χ1v) is 5.81. The maximum atomic E-state index is 11.4. The van der Waals surface area contributed by atoms with Crippen molar-refractivity contribution in [2.75, 3.05) is 20.1 Å². The van der Waals surface area contributed by atoms with E-state index in [-0.39, 0.29) is 11.9 Å². The molecule has 1 aliphatic rings. The minimum atomic E-state index is 0.185. The number of amides is 1. The standard InChI is InChI=1S/C11H23N3O/c1-9(12)5-7-14(2)8-6-11(15)13-10-3-4-10/h9-10H,3-8,12H2,1-2H3,(H,13,15). The van der Waals surface area contributed by atoms with Crippen molar-refractivity contribution in [3.63, 3.8) is 0 Å². The zero-order chi connectivity index (χ0) is 11.3. The van der Waals surface area contributed by atoms with Crippen LogP contribution in [0, 0.1) is 0 Å². The number of nitrogens with one attached hydrogen (secondary N) is 1. The molecule has 0 saturated heterocycles. The van der Waals surface area contributed by atoms with Gasteiger partial charge in [0, 0.05) is 25.0 Å². The molecule has 0 heterocycles. The van der Waals surface area contributed by atoms with Gasteiger partial charge in [-0.15, -0.1) is 0 Å². The Hall–Kier alpha value is -0.610. The van der Waals surface area contributed by atoms with Gasteiger partial charge >= 0.3 is 0 Å². The van der Waals surface area contributed by atoms with E-state index in [4.69, 9.17) is 5.73 Å². The lowest BCUT2D eigenvalue weighted by atomic mass is 10.2. The van der Waals surface area contributed by atoms with Crippen molar-refractivity contribution in [1.82, 2.24) is 10.2 Å². The summed E-state index contributed by atoms with van der Waals surface area (Å²) in [5.74, 6) is 0.185. The predicted octanol–water partition coefficient (Wildman–Crippen LogP) is 0.324. The number of hydrogen-bond acceptors (Lipinski definition) is 3. The van der Waals surface area contributed by atoms with Gasteiger partial charge in [0.2, 0.25) is 5.91 Å². The molecule has 0 bridgehead atoms. The van der Waals surface area contributed by atoms with Crippen LogP contribution in [0.2, 0.25) is 0 Å². The van der Waals surface area contributed by atoms with E-state index in [1.165, 1.54) is 0 Å². The van der Waals surface area contributed by atoms with Gasteiger partial charge in [0.15, 0.2) is 0 Å². The Balaban J connectivity index is 1.99. The number of carbonyl (C=O) groups excluding carboxylic acids is 1. The molecular weight excluding hydrogens is 190 g/mol. The molecule has 1 saturated carbocycles. The van der Waals surface area contributed by atoms with Crippen LogP contribution in [0.4, 0.5) is 0 Å². The van der Waals surface area contributed by atoms with Crippen molar-refractivity contribution in [2.45, 2.75) is 44.7 Å². The van der Waals surface area contributed by atoms with Gasteiger partial charge in [0.1, 0.15) is 0 Å². The summed E-state index contributed by atoms with van der Waals surface area (Å²) in [5, 5.41) is 2.98. The van der Waals surface area contributed by atoms with Gasteiger partial charge in [0.05, 0.1) is 0 Å². The lowest BCUT2D eigenvalue weighted by molar-refractivity contribution is -0.121. The number of hydrogen-bond donors (Lipinski definition) is 2. The van der Waals surface area contributed by atoms with E-state index in [1.54, 1.807) is 0 Å². The minimum Gasteiger partial charge on any atom is -0.353 e. The normalized spacial score (nSPS) is 17.9. The van der Waals surface area contributed by atoms with Gasteiger partial charge < -0.3 is 16.0 Å². The third-order valence-corrected chi connectivity index (χ3v) is 2.63. The van der Waals surface area contributed by atoms with Crippen LogP contribution in [0.25, 0.3) is 0 Å². The molecule has 1 amide bonds. The van der Waals surface area contributed by atoms with Crippen LogP contribution >= 0.6 is 0 Å². The molecule has 88 valence electrons. The number of carbonyl (C=O) groups is 1.